The van der Waals surface area contributed by atoms with Crippen molar-refractivity contribution in [2.75, 3.05) is 13.6 Å². The fourth-order valence-electron chi connectivity index (χ4n) is 3.45. The van der Waals surface area contributed by atoms with E-state index in [-0.39, 0.29) is 11.4 Å². The van der Waals surface area contributed by atoms with E-state index in [1.165, 1.54) is 31.4 Å². The first kappa shape index (κ1) is 16.4. The van der Waals surface area contributed by atoms with E-state index in [4.69, 9.17) is 5.73 Å². The summed E-state index contributed by atoms with van der Waals surface area (Å²) < 4.78 is 27.1. The topological polar surface area (TPSA) is 29.3 Å². The molecule has 4 heteroatoms. The molecule has 0 radical (unpaired) electrons. The van der Waals surface area contributed by atoms with Gasteiger partial charge in [-0.15, -0.1) is 0 Å². The standard InChI is InChI=1S/C17H26F2N2/c1-3-13-6-8-17(12-20,9-7-13)21(2)11-14-10-15(18)4-5-16(14)19/h4-5,10,13H,3,6-9,11-12,20H2,1-2H3. The Bertz CT molecular complexity index is 468. The van der Waals surface area contributed by atoms with Crippen molar-refractivity contribution < 1.29 is 8.78 Å². The van der Waals surface area contributed by atoms with Crippen LogP contribution < -0.4 is 5.73 Å². The predicted molar refractivity (Wildman–Crippen MR) is 81.9 cm³/mol. The number of nitrogens with zero attached hydrogens (tertiary/aromatic N) is 1. The Morgan fingerprint density at radius 1 is 1.29 bits per heavy atom. The molecule has 118 valence electrons. The van der Waals surface area contributed by atoms with E-state index >= 15 is 0 Å². The fourth-order valence-corrected chi connectivity index (χ4v) is 3.45. The van der Waals surface area contributed by atoms with Crippen molar-refractivity contribution in [3.63, 3.8) is 0 Å². The quantitative estimate of drug-likeness (QED) is 0.898. The summed E-state index contributed by atoms with van der Waals surface area (Å²) >= 11 is 0. The lowest BCUT2D eigenvalue weighted by Gasteiger charge is -2.46. The van der Waals surface area contributed by atoms with Crippen molar-refractivity contribution in [1.82, 2.24) is 4.90 Å². The molecule has 0 unspecified atom stereocenters. The smallest absolute Gasteiger partial charge is 0.127 e. The molecule has 0 bridgehead atoms. The second kappa shape index (κ2) is 6.84. The molecule has 0 aromatic heterocycles. The van der Waals surface area contributed by atoms with Crippen LogP contribution in [0.3, 0.4) is 0 Å². The van der Waals surface area contributed by atoms with Gasteiger partial charge in [-0.05, 0) is 56.8 Å². The van der Waals surface area contributed by atoms with Crippen molar-refractivity contribution >= 4 is 0 Å². The number of rotatable bonds is 5. The van der Waals surface area contributed by atoms with Crippen LogP contribution in [0.1, 0.15) is 44.6 Å². The molecule has 0 spiro atoms. The molecule has 21 heavy (non-hydrogen) atoms. The van der Waals surface area contributed by atoms with Crippen LogP contribution in [0.5, 0.6) is 0 Å². The minimum Gasteiger partial charge on any atom is -0.329 e. The van der Waals surface area contributed by atoms with Gasteiger partial charge in [0.1, 0.15) is 11.6 Å². The van der Waals surface area contributed by atoms with Gasteiger partial charge in [0, 0.05) is 24.2 Å². The molecule has 1 aliphatic rings. The van der Waals surface area contributed by atoms with Crippen LogP contribution in [0.25, 0.3) is 0 Å². The molecule has 1 aliphatic carbocycles. The molecule has 0 saturated heterocycles. The Morgan fingerprint density at radius 2 is 1.95 bits per heavy atom. The van der Waals surface area contributed by atoms with Gasteiger partial charge in [-0.1, -0.05) is 13.3 Å². The second-order valence-electron chi connectivity index (χ2n) is 6.37. The predicted octanol–water partition coefficient (Wildman–Crippen LogP) is 3.69. The minimum absolute atomic E-state index is 0.0789. The zero-order valence-electron chi connectivity index (χ0n) is 13.0. The SMILES string of the molecule is CCC1CCC(CN)(N(C)Cc2cc(F)ccc2F)CC1. The third-order valence-electron chi connectivity index (χ3n) is 5.22. The van der Waals surface area contributed by atoms with Crippen molar-refractivity contribution in [2.24, 2.45) is 11.7 Å². The van der Waals surface area contributed by atoms with Gasteiger partial charge in [-0.25, -0.2) is 8.78 Å². The largest absolute Gasteiger partial charge is 0.329 e. The summed E-state index contributed by atoms with van der Waals surface area (Å²) in [5, 5.41) is 0. The summed E-state index contributed by atoms with van der Waals surface area (Å²) in [7, 11) is 1.98. The monoisotopic (exact) mass is 296 g/mol. The third kappa shape index (κ3) is 3.61. The summed E-state index contributed by atoms with van der Waals surface area (Å²) in [6.45, 7) is 3.19. The van der Waals surface area contributed by atoms with Gasteiger partial charge in [-0.2, -0.15) is 0 Å². The first-order valence-electron chi connectivity index (χ1n) is 7.86. The second-order valence-corrected chi connectivity index (χ2v) is 6.37. The fraction of sp³-hybridized carbons (Fsp3) is 0.647. The highest BCUT2D eigenvalue weighted by Crippen LogP contribution is 2.37. The van der Waals surface area contributed by atoms with Gasteiger partial charge in [-0.3, -0.25) is 4.90 Å². The normalized spacial score (nSPS) is 26.3. The van der Waals surface area contributed by atoms with Gasteiger partial charge >= 0.3 is 0 Å². The average Bonchev–Trinajstić information content (AvgIpc) is 2.51. The molecule has 1 saturated carbocycles. The molecular formula is C17H26F2N2. The van der Waals surface area contributed by atoms with Crippen LogP contribution in [-0.2, 0) is 6.54 Å². The van der Waals surface area contributed by atoms with Crippen LogP contribution >= 0.6 is 0 Å². The van der Waals surface area contributed by atoms with Crippen molar-refractivity contribution in [3.8, 4) is 0 Å². The number of hydrogen-bond donors (Lipinski definition) is 1. The van der Waals surface area contributed by atoms with E-state index in [9.17, 15) is 8.78 Å². The molecule has 1 aromatic carbocycles. The molecule has 1 fully saturated rings. The molecule has 0 heterocycles. The van der Waals surface area contributed by atoms with Crippen molar-refractivity contribution in [2.45, 2.75) is 51.1 Å². The van der Waals surface area contributed by atoms with Crippen LogP contribution in [0.15, 0.2) is 18.2 Å². The van der Waals surface area contributed by atoms with E-state index in [0.29, 0.717) is 18.7 Å². The Kier molecular flexibility index (Phi) is 5.33. The Hall–Kier alpha value is -1.00. The molecular weight excluding hydrogens is 270 g/mol. The zero-order valence-corrected chi connectivity index (χ0v) is 13.0. The van der Waals surface area contributed by atoms with E-state index in [0.717, 1.165) is 24.8 Å². The number of hydrogen-bond acceptors (Lipinski definition) is 2. The molecule has 0 amide bonds. The Labute approximate surface area is 126 Å². The van der Waals surface area contributed by atoms with E-state index in [2.05, 4.69) is 11.8 Å². The van der Waals surface area contributed by atoms with Crippen LogP contribution in [0.4, 0.5) is 8.78 Å². The highest BCUT2D eigenvalue weighted by atomic mass is 19.1. The minimum atomic E-state index is -0.392. The van der Waals surface area contributed by atoms with Crippen LogP contribution in [0, 0.1) is 17.6 Å². The average molecular weight is 296 g/mol. The van der Waals surface area contributed by atoms with Gasteiger partial charge in [0.05, 0.1) is 0 Å². The maximum atomic E-state index is 13.8. The summed E-state index contributed by atoms with van der Waals surface area (Å²) in [6, 6.07) is 3.64. The molecule has 2 nitrogen and oxygen atoms in total. The maximum Gasteiger partial charge on any atom is 0.127 e. The van der Waals surface area contributed by atoms with Crippen LogP contribution in [-0.4, -0.2) is 24.0 Å². The number of likely N-dealkylation sites (N-methyl/N-ethyl adjacent to an activating group) is 1. The molecule has 1 aromatic rings. The van der Waals surface area contributed by atoms with Crippen molar-refractivity contribution in [3.05, 3.63) is 35.4 Å². The number of benzene rings is 1. The molecule has 0 aliphatic heterocycles. The first-order valence-corrected chi connectivity index (χ1v) is 7.86. The Balaban J connectivity index is 2.10. The summed E-state index contributed by atoms with van der Waals surface area (Å²) in [6.07, 6.45) is 5.63. The lowest BCUT2D eigenvalue weighted by Crippen LogP contribution is -2.53. The van der Waals surface area contributed by atoms with Gasteiger partial charge in [0.15, 0.2) is 0 Å². The number of nitrogens with two attached hydrogens (primary N) is 1. The van der Waals surface area contributed by atoms with E-state index in [1.807, 2.05) is 7.05 Å². The van der Waals surface area contributed by atoms with Gasteiger partial charge in [0.25, 0.3) is 0 Å². The lowest BCUT2D eigenvalue weighted by atomic mass is 9.74. The maximum absolute atomic E-state index is 13.8. The zero-order chi connectivity index (χ0) is 15.5. The first-order chi connectivity index (χ1) is 10.0. The van der Waals surface area contributed by atoms with Gasteiger partial charge < -0.3 is 5.73 Å². The summed E-state index contributed by atoms with van der Waals surface area (Å²) in [5.41, 5.74) is 6.36. The molecule has 2 N–H and O–H groups in total. The Morgan fingerprint density at radius 3 is 2.52 bits per heavy atom. The van der Waals surface area contributed by atoms with Crippen molar-refractivity contribution in [1.29, 1.82) is 0 Å². The summed E-state index contributed by atoms with van der Waals surface area (Å²) in [5.74, 6) is 0.0398. The highest BCUT2D eigenvalue weighted by molar-refractivity contribution is 5.19. The highest BCUT2D eigenvalue weighted by Gasteiger charge is 2.37. The lowest BCUT2D eigenvalue weighted by molar-refractivity contribution is 0.0570. The summed E-state index contributed by atoms with van der Waals surface area (Å²) in [4.78, 5) is 2.12. The van der Waals surface area contributed by atoms with Crippen LogP contribution in [0.2, 0.25) is 0 Å². The van der Waals surface area contributed by atoms with E-state index in [1.54, 1.807) is 0 Å². The molecule has 0 atom stereocenters. The third-order valence-corrected chi connectivity index (χ3v) is 5.22. The molecule has 2 rings (SSSR count). The van der Waals surface area contributed by atoms with Gasteiger partial charge in [0.2, 0.25) is 0 Å². The van der Waals surface area contributed by atoms with E-state index < -0.39 is 5.82 Å². The number of halogens is 2.